The summed E-state index contributed by atoms with van der Waals surface area (Å²) in [6.45, 7) is 5.36. The lowest BCUT2D eigenvalue weighted by Gasteiger charge is -2.44. The van der Waals surface area contributed by atoms with Gasteiger partial charge in [0, 0.05) is 23.2 Å². The number of carbonyl (C=O) groups is 2. The maximum absolute atomic E-state index is 15.3. The standard InChI is InChI=1S/C25H28ClFN4O3S/c1-24(2,3)34-23(33)30-22-31-25(11-5-4-6-15(25)14-35-22)18-12-17(8-9-19(18)27)29-21(32)20-10-7-16(26)13-28-20/h7-10,12-13,15H,4-6,11,14H2,1-3H3,(H,29,32)(H,30,31,33)/t15-,25?/m0/s1. The van der Waals surface area contributed by atoms with E-state index in [2.05, 4.69) is 15.6 Å². The molecule has 0 spiro atoms. The summed E-state index contributed by atoms with van der Waals surface area (Å²) in [4.78, 5) is 34.0. The highest BCUT2D eigenvalue weighted by molar-refractivity contribution is 8.13. The average molecular weight is 519 g/mol. The van der Waals surface area contributed by atoms with Gasteiger partial charge in [-0.2, -0.15) is 0 Å². The van der Waals surface area contributed by atoms with Crippen molar-refractivity contribution in [3.63, 3.8) is 0 Å². The van der Waals surface area contributed by atoms with Gasteiger partial charge in [0.25, 0.3) is 5.91 Å². The summed E-state index contributed by atoms with van der Waals surface area (Å²) < 4.78 is 20.7. The zero-order chi connectivity index (χ0) is 25.2. The molecule has 1 aliphatic carbocycles. The number of anilines is 1. The summed E-state index contributed by atoms with van der Waals surface area (Å²) >= 11 is 7.30. The Balaban J connectivity index is 1.65. The second kappa shape index (κ2) is 10.1. The first-order chi connectivity index (χ1) is 16.6. The number of ether oxygens (including phenoxy) is 1. The van der Waals surface area contributed by atoms with Crippen molar-refractivity contribution < 1.29 is 18.7 Å². The number of hydrogen-bond acceptors (Lipinski definition) is 6. The molecule has 2 atom stereocenters. The molecule has 1 aromatic carbocycles. The Labute approximate surface area is 213 Å². The lowest BCUT2D eigenvalue weighted by molar-refractivity contribution is 0.0563. The van der Waals surface area contributed by atoms with E-state index in [0.29, 0.717) is 33.6 Å². The fourth-order valence-corrected chi connectivity index (χ4v) is 5.80. The molecule has 2 N–H and O–H groups in total. The lowest BCUT2D eigenvalue weighted by atomic mass is 9.69. The first-order valence-corrected chi connectivity index (χ1v) is 12.9. The van der Waals surface area contributed by atoms with Gasteiger partial charge >= 0.3 is 6.09 Å². The van der Waals surface area contributed by atoms with Crippen molar-refractivity contribution >= 4 is 46.2 Å². The number of nitrogens with one attached hydrogen (secondary N) is 2. The van der Waals surface area contributed by atoms with Crippen LogP contribution in [0, 0.1) is 11.7 Å². The predicted molar refractivity (Wildman–Crippen MR) is 136 cm³/mol. The molecule has 2 heterocycles. The molecule has 1 saturated carbocycles. The van der Waals surface area contributed by atoms with Crippen LogP contribution in [-0.2, 0) is 10.3 Å². The van der Waals surface area contributed by atoms with Crippen molar-refractivity contribution in [2.75, 3.05) is 11.1 Å². The van der Waals surface area contributed by atoms with Crippen molar-refractivity contribution in [3.05, 3.63) is 58.6 Å². The summed E-state index contributed by atoms with van der Waals surface area (Å²) in [5.41, 5.74) is -0.432. The molecular formula is C25H28ClFN4O3S. The van der Waals surface area contributed by atoms with Crippen LogP contribution in [0.5, 0.6) is 0 Å². The highest BCUT2D eigenvalue weighted by Gasteiger charge is 2.46. The number of alkyl carbamates (subject to hydrolysis) is 1. The summed E-state index contributed by atoms with van der Waals surface area (Å²) in [6, 6.07) is 7.61. The van der Waals surface area contributed by atoms with Crippen molar-refractivity contribution in [1.82, 2.24) is 10.3 Å². The van der Waals surface area contributed by atoms with Gasteiger partial charge in [-0.25, -0.2) is 14.2 Å². The van der Waals surface area contributed by atoms with Crippen LogP contribution in [0.4, 0.5) is 14.9 Å². The summed E-state index contributed by atoms with van der Waals surface area (Å²) in [5, 5.41) is 6.37. The Kier molecular flexibility index (Phi) is 7.38. The zero-order valence-electron chi connectivity index (χ0n) is 19.9. The highest BCUT2D eigenvalue weighted by Crippen LogP contribution is 2.50. The third-order valence-electron chi connectivity index (χ3n) is 6.02. The molecule has 7 nitrogen and oxygen atoms in total. The van der Waals surface area contributed by atoms with E-state index in [1.165, 1.54) is 36.2 Å². The quantitative estimate of drug-likeness (QED) is 0.509. The predicted octanol–water partition coefficient (Wildman–Crippen LogP) is 6.14. The van der Waals surface area contributed by atoms with Crippen LogP contribution in [0.1, 0.15) is 62.5 Å². The van der Waals surface area contributed by atoms with Crippen LogP contribution in [0.15, 0.2) is 41.5 Å². The monoisotopic (exact) mass is 518 g/mol. The van der Waals surface area contributed by atoms with E-state index in [-0.39, 0.29) is 11.6 Å². The molecule has 0 saturated heterocycles. The normalized spacial score (nSPS) is 22.0. The number of benzene rings is 1. The van der Waals surface area contributed by atoms with Crippen molar-refractivity contribution in [3.8, 4) is 0 Å². The van der Waals surface area contributed by atoms with E-state index in [0.717, 1.165) is 19.3 Å². The van der Waals surface area contributed by atoms with Crippen molar-refractivity contribution in [1.29, 1.82) is 0 Å². The van der Waals surface area contributed by atoms with E-state index >= 15 is 4.39 Å². The maximum Gasteiger partial charge on any atom is 0.413 e. The van der Waals surface area contributed by atoms with Crippen LogP contribution < -0.4 is 10.6 Å². The number of fused-ring (bicyclic) bond motifs is 1. The number of rotatable bonds is 3. The van der Waals surface area contributed by atoms with E-state index in [1.54, 1.807) is 32.9 Å². The van der Waals surface area contributed by atoms with Crippen LogP contribution in [0.3, 0.4) is 0 Å². The number of aliphatic imine (C=N–C) groups is 1. The van der Waals surface area contributed by atoms with Gasteiger partial charge < -0.3 is 10.1 Å². The first-order valence-electron chi connectivity index (χ1n) is 11.5. The summed E-state index contributed by atoms with van der Waals surface area (Å²) in [7, 11) is 0. The minimum Gasteiger partial charge on any atom is -0.444 e. The topological polar surface area (TPSA) is 92.7 Å². The van der Waals surface area contributed by atoms with Gasteiger partial charge in [-0.15, -0.1) is 0 Å². The maximum atomic E-state index is 15.3. The number of aromatic nitrogens is 1. The number of carbonyl (C=O) groups excluding carboxylic acids is 2. The van der Waals surface area contributed by atoms with Crippen LogP contribution in [-0.4, -0.2) is 33.5 Å². The summed E-state index contributed by atoms with van der Waals surface area (Å²) in [6.07, 6.45) is 4.27. The van der Waals surface area contributed by atoms with Gasteiger partial charge in [-0.3, -0.25) is 15.1 Å². The van der Waals surface area contributed by atoms with Gasteiger partial charge in [-0.1, -0.05) is 36.2 Å². The van der Waals surface area contributed by atoms with E-state index in [1.807, 2.05) is 0 Å². The van der Waals surface area contributed by atoms with Crippen molar-refractivity contribution in [2.24, 2.45) is 10.9 Å². The van der Waals surface area contributed by atoms with E-state index in [4.69, 9.17) is 21.3 Å². The molecule has 2 aliphatic rings. The molecule has 0 bridgehead atoms. The Morgan fingerprint density at radius 3 is 2.71 bits per heavy atom. The van der Waals surface area contributed by atoms with Gasteiger partial charge in [0.1, 0.15) is 17.1 Å². The molecule has 4 rings (SSSR count). The molecule has 2 aromatic rings. The zero-order valence-corrected chi connectivity index (χ0v) is 21.4. The Hall–Kier alpha value is -2.65. The Bertz CT molecular complexity index is 1150. The van der Waals surface area contributed by atoms with Gasteiger partial charge in [-0.05, 0) is 69.9 Å². The molecule has 10 heteroatoms. The number of hydrogen-bond donors (Lipinski definition) is 2. The average Bonchev–Trinajstić information content (AvgIpc) is 2.79. The first kappa shape index (κ1) is 25.4. The number of amides is 2. The number of halogens is 2. The SMILES string of the molecule is CC(C)(C)OC(=O)NC1=NC2(c3cc(NC(=O)c4ccc(Cl)cn4)ccc3F)CCCC[C@H]2CS1. The fraction of sp³-hybridized carbons (Fsp3) is 0.440. The second-order valence-corrected chi connectivity index (χ2v) is 11.2. The molecular weight excluding hydrogens is 491 g/mol. The Morgan fingerprint density at radius 2 is 2.00 bits per heavy atom. The molecule has 1 aromatic heterocycles. The third kappa shape index (κ3) is 5.95. The van der Waals surface area contributed by atoms with Gasteiger partial charge in [0.05, 0.1) is 10.6 Å². The highest BCUT2D eigenvalue weighted by atomic mass is 35.5. The Morgan fingerprint density at radius 1 is 1.20 bits per heavy atom. The molecule has 35 heavy (non-hydrogen) atoms. The number of amidine groups is 1. The van der Waals surface area contributed by atoms with Gasteiger partial charge in [0.15, 0.2) is 5.17 Å². The molecule has 186 valence electrons. The van der Waals surface area contributed by atoms with E-state index in [9.17, 15) is 9.59 Å². The van der Waals surface area contributed by atoms with Crippen LogP contribution in [0.2, 0.25) is 5.02 Å². The number of nitrogens with zero attached hydrogens (tertiary/aromatic N) is 2. The van der Waals surface area contributed by atoms with Crippen molar-refractivity contribution in [2.45, 2.75) is 57.6 Å². The molecule has 1 unspecified atom stereocenters. The third-order valence-corrected chi connectivity index (χ3v) is 7.28. The molecule has 0 radical (unpaired) electrons. The van der Waals surface area contributed by atoms with Crippen LogP contribution >= 0.6 is 23.4 Å². The number of thioether (sulfide) groups is 1. The lowest BCUT2D eigenvalue weighted by Crippen LogP contribution is -2.45. The fourth-order valence-electron chi connectivity index (χ4n) is 4.50. The van der Waals surface area contributed by atoms with E-state index < -0.39 is 29.0 Å². The smallest absolute Gasteiger partial charge is 0.413 e. The minimum absolute atomic E-state index is 0.101. The molecule has 1 aliphatic heterocycles. The second-order valence-electron chi connectivity index (χ2n) is 9.73. The van der Waals surface area contributed by atoms with Gasteiger partial charge in [0.2, 0.25) is 0 Å². The van der Waals surface area contributed by atoms with Crippen LogP contribution in [0.25, 0.3) is 0 Å². The molecule has 1 fully saturated rings. The number of pyridine rings is 1. The summed E-state index contributed by atoms with van der Waals surface area (Å²) in [5.74, 6) is -0.0261. The largest absolute Gasteiger partial charge is 0.444 e. The molecule has 2 amide bonds. The minimum atomic E-state index is -0.836.